The first-order valence-electron chi connectivity index (χ1n) is 6.42. The van der Waals surface area contributed by atoms with Gasteiger partial charge in [-0.05, 0) is 32.9 Å². The van der Waals surface area contributed by atoms with Crippen molar-refractivity contribution < 1.29 is 9.47 Å². The molecule has 0 bridgehead atoms. The first kappa shape index (κ1) is 11.0. The number of nitrogens with one attached hydrogen (secondary N) is 1. The molecule has 1 N–H and O–H groups in total. The maximum atomic E-state index is 6.07. The van der Waals surface area contributed by atoms with Crippen molar-refractivity contribution >= 4 is 0 Å². The van der Waals surface area contributed by atoms with Gasteiger partial charge < -0.3 is 14.4 Å². The summed E-state index contributed by atoms with van der Waals surface area (Å²) in [4.78, 5) is 2.40. The molecule has 0 aromatic carbocycles. The van der Waals surface area contributed by atoms with Crippen LogP contribution in [0.4, 0.5) is 0 Å². The standard InChI is InChI=1S/C12H22N2O2/c1-14-6-2-3-12(4-7-14)13-11(5-8-16-12)9-15-10-11/h13H,2-10H2,1H3. The van der Waals surface area contributed by atoms with Crippen LogP contribution in [0.1, 0.15) is 25.7 Å². The average molecular weight is 226 g/mol. The zero-order valence-electron chi connectivity index (χ0n) is 10.1. The molecular formula is C12H22N2O2. The van der Waals surface area contributed by atoms with E-state index in [4.69, 9.17) is 9.47 Å². The predicted molar refractivity (Wildman–Crippen MR) is 61.3 cm³/mol. The van der Waals surface area contributed by atoms with E-state index in [0.29, 0.717) is 0 Å². The van der Waals surface area contributed by atoms with Gasteiger partial charge in [0.25, 0.3) is 0 Å². The van der Waals surface area contributed by atoms with Gasteiger partial charge in [0.2, 0.25) is 0 Å². The van der Waals surface area contributed by atoms with Crippen LogP contribution in [0.5, 0.6) is 0 Å². The summed E-state index contributed by atoms with van der Waals surface area (Å²) in [7, 11) is 2.20. The third-order valence-electron chi connectivity index (χ3n) is 4.23. The first-order chi connectivity index (χ1) is 7.72. The van der Waals surface area contributed by atoms with E-state index in [0.717, 1.165) is 45.6 Å². The van der Waals surface area contributed by atoms with Crippen LogP contribution < -0.4 is 5.32 Å². The van der Waals surface area contributed by atoms with Gasteiger partial charge in [-0.3, -0.25) is 5.32 Å². The Labute approximate surface area is 97.3 Å². The van der Waals surface area contributed by atoms with Crippen LogP contribution in [-0.2, 0) is 9.47 Å². The molecule has 4 nitrogen and oxygen atoms in total. The lowest BCUT2D eigenvalue weighted by atomic mass is 9.87. The molecule has 3 fully saturated rings. The van der Waals surface area contributed by atoms with Gasteiger partial charge in [0.15, 0.2) is 0 Å². The van der Waals surface area contributed by atoms with Crippen molar-refractivity contribution in [2.24, 2.45) is 0 Å². The molecule has 92 valence electrons. The Morgan fingerprint density at radius 2 is 2.00 bits per heavy atom. The molecule has 2 spiro atoms. The highest BCUT2D eigenvalue weighted by molar-refractivity contribution is 5.02. The van der Waals surface area contributed by atoms with Crippen molar-refractivity contribution in [2.45, 2.75) is 36.9 Å². The van der Waals surface area contributed by atoms with Gasteiger partial charge in [-0.15, -0.1) is 0 Å². The second kappa shape index (κ2) is 3.95. The maximum Gasteiger partial charge on any atom is 0.121 e. The summed E-state index contributed by atoms with van der Waals surface area (Å²) < 4.78 is 11.4. The second-order valence-corrected chi connectivity index (χ2v) is 5.65. The van der Waals surface area contributed by atoms with Crippen LogP contribution >= 0.6 is 0 Å². The fourth-order valence-corrected chi connectivity index (χ4v) is 3.10. The molecule has 1 atom stereocenters. The van der Waals surface area contributed by atoms with Gasteiger partial charge in [0.1, 0.15) is 5.72 Å². The largest absolute Gasteiger partial charge is 0.377 e. The fraction of sp³-hybridized carbons (Fsp3) is 1.00. The van der Waals surface area contributed by atoms with Crippen LogP contribution in [0.25, 0.3) is 0 Å². The van der Waals surface area contributed by atoms with Crippen LogP contribution in [-0.4, -0.2) is 56.1 Å². The number of rotatable bonds is 0. The van der Waals surface area contributed by atoms with Gasteiger partial charge in [0.05, 0.1) is 25.4 Å². The van der Waals surface area contributed by atoms with Crippen molar-refractivity contribution in [3.05, 3.63) is 0 Å². The highest BCUT2D eigenvalue weighted by Crippen LogP contribution is 2.35. The second-order valence-electron chi connectivity index (χ2n) is 5.65. The third-order valence-corrected chi connectivity index (χ3v) is 4.23. The molecule has 3 aliphatic heterocycles. The highest BCUT2D eigenvalue weighted by Gasteiger charge is 2.49. The monoisotopic (exact) mass is 226 g/mol. The molecule has 0 radical (unpaired) electrons. The molecule has 3 heterocycles. The highest BCUT2D eigenvalue weighted by atomic mass is 16.5. The lowest BCUT2D eigenvalue weighted by Crippen LogP contribution is -2.71. The summed E-state index contributed by atoms with van der Waals surface area (Å²) in [6, 6.07) is 0. The van der Waals surface area contributed by atoms with Crippen molar-refractivity contribution in [1.82, 2.24) is 10.2 Å². The van der Waals surface area contributed by atoms with Gasteiger partial charge in [-0.25, -0.2) is 0 Å². The Bertz CT molecular complexity index is 268. The van der Waals surface area contributed by atoms with E-state index in [2.05, 4.69) is 17.3 Å². The lowest BCUT2D eigenvalue weighted by molar-refractivity contribution is -0.200. The molecule has 0 saturated carbocycles. The van der Waals surface area contributed by atoms with Crippen LogP contribution in [0.2, 0.25) is 0 Å². The Hall–Kier alpha value is -0.160. The van der Waals surface area contributed by atoms with Gasteiger partial charge in [-0.2, -0.15) is 0 Å². The minimum atomic E-state index is -0.0627. The molecule has 3 saturated heterocycles. The summed E-state index contributed by atoms with van der Waals surface area (Å²) in [5.41, 5.74) is 0.175. The summed E-state index contributed by atoms with van der Waals surface area (Å²) in [5, 5.41) is 3.77. The van der Waals surface area contributed by atoms with E-state index < -0.39 is 0 Å². The zero-order valence-corrected chi connectivity index (χ0v) is 10.1. The van der Waals surface area contributed by atoms with Crippen LogP contribution in [0.3, 0.4) is 0 Å². The van der Waals surface area contributed by atoms with E-state index in [9.17, 15) is 0 Å². The SMILES string of the molecule is CN1CCCC2(CC1)NC1(CCO2)COC1. The quantitative estimate of drug-likeness (QED) is 0.655. The lowest BCUT2D eigenvalue weighted by Gasteiger charge is -2.53. The maximum absolute atomic E-state index is 6.07. The molecule has 16 heavy (non-hydrogen) atoms. The van der Waals surface area contributed by atoms with Crippen LogP contribution in [0.15, 0.2) is 0 Å². The summed E-state index contributed by atoms with van der Waals surface area (Å²) in [5.74, 6) is 0. The Morgan fingerprint density at radius 3 is 2.75 bits per heavy atom. The average Bonchev–Trinajstić information content (AvgIpc) is 2.40. The molecule has 0 aromatic rings. The summed E-state index contributed by atoms with van der Waals surface area (Å²) >= 11 is 0. The van der Waals surface area contributed by atoms with Crippen molar-refractivity contribution in [3.8, 4) is 0 Å². The summed E-state index contributed by atoms with van der Waals surface area (Å²) in [6.07, 6.45) is 4.56. The minimum absolute atomic E-state index is 0.0627. The number of nitrogens with zero attached hydrogens (tertiary/aromatic N) is 1. The molecule has 0 aromatic heterocycles. The molecule has 0 amide bonds. The van der Waals surface area contributed by atoms with E-state index in [1.807, 2.05) is 0 Å². The molecule has 3 aliphatic rings. The number of hydrogen-bond acceptors (Lipinski definition) is 4. The van der Waals surface area contributed by atoms with Gasteiger partial charge in [0, 0.05) is 13.0 Å². The zero-order chi connectivity index (χ0) is 11.1. The predicted octanol–water partition coefficient (Wildman–Crippen LogP) is 0.577. The van der Waals surface area contributed by atoms with E-state index in [-0.39, 0.29) is 11.3 Å². The van der Waals surface area contributed by atoms with Crippen LogP contribution in [0, 0.1) is 0 Å². The molecule has 4 heteroatoms. The van der Waals surface area contributed by atoms with E-state index in [1.165, 1.54) is 13.0 Å². The van der Waals surface area contributed by atoms with Crippen molar-refractivity contribution in [1.29, 1.82) is 0 Å². The topological polar surface area (TPSA) is 33.7 Å². The number of ether oxygens (including phenoxy) is 2. The fourth-order valence-electron chi connectivity index (χ4n) is 3.10. The number of hydrogen-bond donors (Lipinski definition) is 1. The summed E-state index contributed by atoms with van der Waals surface area (Å²) in [6.45, 7) is 4.95. The minimum Gasteiger partial charge on any atom is -0.377 e. The smallest absolute Gasteiger partial charge is 0.121 e. The van der Waals surface area contributed by atoms with E-state index >= 15 is 0 Å². The van der Waals surface area contributed by atoms with Crippen molar-refractivity contribution in [2.75, 3.05) is 40.0 Å². The molecule has 1 unspecified atom stereocenters. The first-order valence-corrected chi connectivity index (χ1v) is 6.42. The normalized spacial score (nSPS) is 39.6. The van der Waals surface area contributed by atoms with Gasteiger partial charge in [-0.1, -0.05) is 0 Å². The Kier molecular flexibility index (Phi) is 2.70. The van der Waals surface area contributed by atoms with Crippen molar-refractivity contribution in [3.63, 3.8) is 0 Å². The Balaban J connectivity index is 1.71. The molecule has 0 aliphatic carbocycles. The third kappa shape index (κ3) is 1.88. The number of likely N-dealkylation sites (tertiary alicyclic amines) is 1. The van der Waals surface area contributed by atoms with Gasteiger partial charge >= 0.3 is 0 Å². The Morgan fingerprint density at radius 1 is 1.12 bits per heavy atom. The molecular weight excluding hydrogens is 204 g/mol. The molecule has 3 rings (SSSR count). The van der Waals surface area contributed by atoms with E-state index in [1.54, 1.807) is 0 Å².